The summed E-state index contributed by atoms with van der Waals surface area (Å²) in [5.74, 6) is -2.91. The van der Waals surface area contributed by atoms with Crippen LogP contribution >= 0.6 is 0 Å². The molecule has 86 valence electrons. The summed E-state index contributed by atoms with van der Waals surface area (Å²) < 4.78 is 9.52. The summed E-state index contributed by atoms with van der Waals surface area (Å²) in [5, 5.41) is 42.4. The van der Waals surface area contributed by atoms with Gasteiger partial charge in [-0.1, -0.05) is 0 Å². The SMILES string of the molecule is OCCOCC(CO)OCC(O)(O)O. The van der Waals surface area contributed by atoms with Crippen molar-refractivity contribution < 1.29 is 35.0 Å². The number of aliphatic hydroxyl groups is 5. The van der Waals surface area contributed by atoms with E-state index in [1.165, 1.54) is 0 Å². The lowest BCUT2D eigenvalue weighted by atomic mass is 10.4. The van der Waals surface area contributed by atoms with Gasteiger partial charge in [0.1, 0.15) is 12.7 Å². The molecule has 0 aromatic heterocycles. The molecule has 0 fully saturated rings. The van der Waals surface area contributed by atoms with Crippen LogP contribution in [0.3, 0.4) is 0 Å². The second kappa shape index (κ2) is 7.07. The van der Waals surface area contributed by atoms with E-state index >= 15 is 0 Å². The van der Waals surface area contributed by atoms with Crippen molar-refractivity contribution >= 4 is 0 Å². The zero-order valence-corrected chi connectivity index (χ0v) is 7.67. The highest BCUT2D eigenvalue weighted by atomic mass is 16.7. The minimum Gasteiger partial charge on any atom is -0.394 e. The second-order valence-electron chi connectivity index (χ2n) is 2.69. The molecule has 7 heteroatoms. The lowest BCUT2D eigenvalue weighted by Crippen LogP contribution is -2.37. The highest BCUT2D eigenvalue weighted by Gasteiger charge is 2.21. The van der Waals surface area contributed by atoms with Crippen LogP contribution in [0.5, 0.6) is 0 Å². The molecule has 0 aliphatic heterocycles. The summed E-state index contributed by atoms with van der Waals surface area (Å²) in [7, 11) is 0. The summed E-state index contributed by atoms with van der Waals surface area (Å²) >= 11 is 0. The number of ether oxygens (including phenoxy) is 2. The Hall–Kier alpha value is -0.280. The maximum absolute atomic E-state index is 8.71. The van der Waals surface area contributed by atoms with E-state index in [0.29, 0.717) is 0 Å². The zero-order chi connectivity index (χ0) is 11.0. The van der Waals surface area contributed by atoms with Crippen LogP contribution < -0.4 is 0 Å². The van der Waals surface area contributed by atoms with Gasteiger partial charge in [-0.05, 0) is 0 Å². The Kier molecular flexibility index (Phi) is 6.93. The Morgan fingerprint density at radius 2 is 1.79 bits per heavy atom. The van der Waals surface area contributed by atoms with Gasteiger partial charge in [-0.2, -0.15) is 0 Å². The molecule has 1 unspecified atom stereocenters. The van der Waals surface area contributed by atoms with Gasteiger partial charge in [-0.25, -0.2) is 0 Å². The third-order valence-corrected chi connectivity index (χ3v) is 1.26. The van der Waals surface area contributed by atoms with E-state index in [0.717, 1.165) is 0 Å². The van der Waals surface area contributed by atoms with E-state index in [-0.39, 0.29) is 26.4 Å². The Morgan fingerprint density at radius 1 is 1.14 bits per heavy atom. The summed E-state index contributed by atoms with van der Waals surface area (Å²) in [6.07, 6.45) is -0.771. The molecule has 0 amide bonds. The maximum Gasteiger partial charge on any atom is 0.300 e. The average Bonchev–Trinajstić information content (AvgIpc) is 2.09. The lowest BCUT2D eigenvalue weighted by Gasteiger charge is -2.19. The molecule has 0 bridgehead atoms. The Labute approximate surface area is 81.1 Å². The summed E-state index contributed by atoms with van der Waals surface area (Å²) in [4.78, 5) is 0. The highest BCUT2D eigenvalue weighted by Crippen LogP contribution is 1.99. The molecule has 0 saturated carbocycles. The first-order valence-electron chi connectivity index (χ1n) is 4.08. The molecule has 14 heavy (non-hydrogen) atoms. The molecule has 0 heterocycles. The zero-order valence-electron chi connectivity index (χ0n) is 7.67. The molecule has 0 radical (unpaired) electrons. The molecular formula is C7H16O7. The number of aliphatic hydroxyl groups excluding tert-OH is 2. The van der Waals surface area contributed by atoms with E-state index in [1.54, 1.807) is 0 Å². The summed E-state index contributed by atoms with van der Waals surface area (Å²) in [6, 6.07) is 0. The highest BCUT2D eigenvalue weighted by molar-refractivity contribution is 4.55. The largest absolute Gasteiger partial charge is 0.394 e. The lowest BCUT2D eigenvalue weighted by molar-refractivity contribution is -0.337. The van der Waals surface area contributed by atoms with Gasteiger partial charge in [0.05, 0.1) is 26.4 Å². The van der Waals surface area contributed by atoms with Gasteiger partial charge in [0.25, 0.3) is 5.97 Å². The minimum atomic E-state index is -2.91. The predicted octanol–water partition coefficient (Wildman–Crippen LogP) is -3.00. The van der Waals surface area contributed by atoms with Crippen LogP contribution in [0.1, 0.15) is 0 Å². The summed E-state index contributed by atoms with van der Waals surface area (Å²) in [5.41, 5.74) is 0. The van der Waals surface area contributed by atoms with Crippen LogP contribution in [0.2, 0.25) is 0 Å². The van der Waals surface area contributed by atoms with Gasteiger partial charge in [-0.15, -0.1) is 0 Å². The van der Waals surface area contributed by atoms with E-state index < -0.39 is 18.7 Å². The minimum absolute atomic E-state index is 0.00681. The topological polar surface area (TPSA) is 120 Å². The van der Waals surface area contributed by atoms with Crippen LogP contribution in [0.15, 0.2) is 0 Å². The van der Waals surface area contributed by atoms with Crippen LogP contribution in [-0.4, -0.2) is 70.6 Å². The van der Waals surface area contributed by atoms with Gasteiger partial charge in [0.15, 0.2) is 0 Å². The molecule has 0 rings (SSSR count). The van der Waals surface area contributed by atoms with Crippen molar-refractivity contribution in [3.63, 3.8) is 0 Å². The Morgan fingerprint density at radius 3 is 2.21 bits per heavy atom. The van der Waals surface area contributed by atoms with Crippen LogP contribution in [0.25, 0.3) is 0 Å². The summed E-state index contributed by atoms with van der Waals surface area (Å²) in [6.45, 7) is -1.19. The molecule has 0 aromatic rings. The van der Waals surface area contributed by atoms with Crippen molar-refractivity contribution in [2.24, 2.45) is 0 Å². The molecular weight excluding hydrogens is 196 g/mol. The molecule has 7 nitrogen and oxygen atoms in total. The van der Waals surface area contributed by atoms with Crippen molar-refractivity contribution in [1.29, 1.82) is 0 Å². The van der Waals surface area contributed by atoms with Gasteiger partial charge in [-0.3, -0.25) is 0 Å². The van der Waals surface area contributed by atoms with Crippen molar-refractivity contribution in [1.82, 2.24) is 0 Å². The Bertz CT molecular complexity index is 132. The van der Waals surface area contributed by atoms with Gasteiger partial charge < -0.3 is 35.0 Å². The molecule has 0 saturated heterocycles. The van der Waals surface area contributed by atoms with Crippen LogP contribution in [0.4, 0.5) is 0 Å². The maximum atomic E-state index is 8.71. The normalized spacial score (nSPS) is 14.4. The fourth-order valence-corrected chi connectivity index (χ4v) is 0.663. The fraction of sp³-hybridized carbons (Fsp3) is 1.00. The molecule has 0 spiro atoms. The van der Waals surface area contributed by atoms with Gasteiger partial charge >= 0.3 is 0 Å². The van der Waals surface area contributed by atoms with E-state index in [4.69, 9.17) is 35.0 Å². The van der Waals surface area contributed by atoms with Crippen molar-refractivity contribution in [3.8, 4) is 0 Å². The van der Waals surface area contributed by atoms with Crippen molar-refractivity contribution in [3.05, 3.63) is 0 Å². The van der Waals surface area contributed by atoms with Gasteiger partial charge in [0, 0.05) is 0 Å². The standard InChI is InChI=1S/C7H16O7/c8-1-2-13-4-6(3-9)14-5-7(10,11)12/h6,8-12H,1-5H2. The Balaban J connectivity index is 3.58. The number of rotatable bonds is 8. The molecule has 1 atom stereocenters. The van der Waals surface area contributed by atoms with Crippen LogP contribution in [0, 0.1) is 0 Å². The third kappa shape index (κ3) is 8.32. The quantitative estimate of drug-likeness (QED) is 0.215. The molecule has 0 aliphatic rings. The average molecular weight is 212 g/mol. The van der Waals surface area contributed by atoms with Crippen molar-refractivity contribution in [2.45, 2.75) is 12.1 Å². The molecule has 0 aromatic carbocycles. The monoisotopic (exact) mass is 212 g/mol. The fourth-order valence-electron chi connectivity index (χ4n) is 0.663. The first-order valence-corrected chi connectivity index (χ1v) is 4.08. The first-order chi connectivity index (χ1) is 6.49. The van der Waals surface area contributed by atoms with Crippen molar-refractivity contribution in [2.75, 3.05) is 33.0 Å². The molecule has 5 N–H and O–H groups in total. The van der Waals surface area contributed by atoms with Crippen LogP contribution in [-0.2, 0) is 9.47 Å². The predicted molar refractivity (Wildman–Crippen MR) is 44.1 cm³/mol. The number of hydrogen-bond donors (Lipinski definition) is 5. The van der Waals surface area contributed by atoms with E-state index in [2.05, 4.69) is 0 Å². The smallest absolute Gasteiger partial charge is 0.300 e. The van der Waals surface area contributed by atoms with Gasteiger partial charge in [0.2, 0.25) is 0 Å². The second-order valence-corrected chi connectivity index (χ2v) is 2.69. The number of hydrogen-bond acceptors (Lipinski definition) is 7. The van der Waals surface area contributed by atoms with E-state index in [9.17, 15) is 0 Å². The first kappa shape index (κ1) is 13.7. The third-order valence-electron chi connectivity index (χ3n) is 1.26. The van der Waals surface area contributed by atoms with E-state index in [1.807, 2.05) is 0 Å². The molecule has 0 aliphatic carbocycles.